The summed E-state index contributed by atoms with van der Waals surface area (Å²) in [5, 5.41) is 17.5. The summed E-state index contributed by atoms with van der Waals surface area (Å²) in [6, 6.07) is 0. The van der Waals surface area contributed by atoms with Crippen LogP contribution in [0.5, 0.6) is 5.75 Å². The molecule has 0 aliphatic carbocycles. The third kappa shape index (κ3) is 10.8. The van der Waals surface area contributed by atoms with Crippen LogP contribution in [0.2, 0.25) is 0 Å². The van der Waals surface area contributed by atoms with Crippen LogP contribution in [0, 0.1) is 23.3 Å². The van der Waals surface area contributed by atoms with Crippen molar-refractivity contribution >= 4 is 35.2 Å². The number of benzene rings is 1. The van der Waals surface area contributed by atoms with Crippen molar-refractivity contribution < 1.29 is 66.0 Å². The Kier molecular flexibility index (Phi) is 16.1. The zero-order chi connectivity index (χ0) is 25.8. The minimum absolute atomic E-state index is 0. The molecule has 1 rings (SSSR count). The Morgan fingerprint density at radius 1 is 0.758 bits per heavy atom. The van der Waals surface area contributed by atoms with Crippen LogP contribution in [0.15, 0.2) is 6.08 Å². The lowest BCUT2D eigenvalue weighted by atomic mass is 10.1. The van der Waals surface area contributed by atoms with Crippen molar-refractivity contribution in [2.75, 3.05) is 21.3 Å². The van der Waals surface area contributed by atoms with Crippen LogP contribution >= 0.6 is 0 Å². The van der Waals surface area contributed by atoms with E-state index in [0.717, 1.165) is 21.3 Å². The molecule has 1 aromatic rings. The van der Waals surface area contributed by atoms with Crippen LogP contribution in [-0.4, -0.2) is 61.0 Å². The number of ketones is 2. The lowest BCUT2D eigenvalue weighted by molar-refractivity contribution is -0.164. The second kappa shape index (κ2) is 15.8. The molecule has 0 saturated carbocycles. The first-order valence-electron chi connectivity index (χ1n) is 7.89. The summed E-state index contributed by atoms with van der Waals surface area (Å²) < 4.78 is 65.6. The molecule has 10 nitrogen and oxygen atoms in total. The van der Waals surface area contributed by atoms with Gasteiger partial charge in [-0.25, -0.2) is 23.2 Å². The summed E-state index contributed by atoms with van der Waals surface area (Å²) in [7, 11) is 2.97. The highest BCUT2D eigenvalue weighted by molar-refractivity contribution is 6.38. The van der Waals surface area contributed by atoms with Crippen LogP contribution in [0.3, 0.4) is 0 Å². The molecule has 0 aromatic heterocycles. The van der Waals surface area contributed by atoms with E-state index in [-0.39, 0.29) is 19.3 Å². The van der Waals surface area contributed by atoms with E-state index in [2.05, 4.69) is 14.2 Å². The molecule has 0 aliphatic heterocycles. The largest absolute Gasteiger partial charge is 0.507 e. The number of carbonyl (C=O) groups is 5. The summed E-state index contributed by atoms with van der Waals surface area (Å²) in [6.45, 7) is 3.06. The van der Waals surface area contributed by atoms with E-state index >= 15 is 0 Å². The predicted molar refractivity (Wildman–Crippen MR) is 103 cm³/mol. The zero-order valence-electron chi connectivity index (χ0n) is 17.2. The van der Waals surface area contributed by atoms with Crippen LogP contribution in [0.25, 0.3) is 5.76 Å². The molecule has 33 heavy (non-hydrogen) atoms. The van der Waals surface area contributed by atoms with Gasteiger partial charge in [-0.3, -0.25) is 4.79 Å². The minimum atomic E-state index is -2.04. The first kappa shape index (κ1) is 33.7. The number of carboxylic acid groups (broad SMARTS) is 1. The summed E-state index contributed by atoms with van der Waals surface area (Å²) in [4.78, 5) is 50.5. The van der Waals surface area contributed by atoms with Gasteiger partial charge in [0.2, 0.25) is 11.6 Å². The number of carboxylic acids is 1. The molecule has 0 heterocycles. The molecule has 0 bridgehead atoms. The van der Waals surface area contributed by atoms with E-state index in [9.17, 15) is 46.6 Å². The number of rotatable bonds is 4. The maximum absolute atomic E-state index is 13.5. The maximum Gasteiger partial charge on any atom is 0.417 e. The topological polar surface area (TPSA) is 154 Å². The molecule has 0 saturated heterocycles. The molecule has 0 aliphatic rings. The monoisotopic (exact) mass is 486 g/mol. The first-order chi connectivity index (χ1) is 14.7. The van der Waals surface area contributed by atoms with Crippen molar-refractivity contribution in [1.82, 2.24) is 0 Å². The molecule has 1 aromatic carbocycles. The molecule has 0 spiro atoms. The van der Waals surface area contributed by atoms with Crippen molar-refractivity contribution in [2.45, 2.75) is 21.3 Å². The lowest BCUT2D eigenvalue weighted by Gasteiger charge is -2.10. The molecule has 0 radical (unpaired) electrons. The second-order valence-electron chi connectivity index (χ2n) is 5.25. The average Bonchev–Trinajstić information content (AvgIpc) is 2.71. The standard InChI is InChI=1S/C11H6F4O5.C4H6O4.C3H6O.CH4/c1-20-10-8(14)6(12)5(7(13)9(10)15)3(16)2-4(17)11(18)19;1-7-3(5)4(6)8-2;1-3(2)4;/h2,16H,1H3,(H,18,19);1-2H3;1-2H3;1H4. The van der Waals surface area contributed by atoms with Gasteiger partial charge in [-0.2, -0.15) is 8.78 Å². The van der Waals surface area contributed by atoms with Gasteiger partial charge in [0.1, 0.15) is 11.5 Å². The normalized spacial score (nSPS) is 9.55. The van der Waals surface area contributed by atoms with Crippen LogP contribution < -0.4 is 4.74 Å². The average molecular weight is 486 g/mol. The second-order valence-corrected chi connectivity index (χ2v) is 5.25. The molecular weight excluding hydrogens is 464 g/mol. The predicted octanol–water partition coefficient (Wildman–Crippen LogP) is 2.37. The third-order valence-corrected chi connectivity index (χ3v) is 2.70. The zero-order valence-corrected chi connectivity index (χ0v) is 17.2. The van der Waals surface area contributed by atoms with E-state index in [1.807, 2.05) is 0 Å². The molecule has 0 fully saturated rings. The van der Waals surface area contributed by atoms with Gasteiger partial charge in [-0.15, -0.1) is 0 Å². The van der Waals surface area contributed by atoms with E-state index in [4.69, 9.17) is 5.11 Å². The summed E-state index contributed by atoms with van der Waals surface area (Å²) >= 11 is 0. The van der Waals surface area contributed by atoms with Gasteiger partial charge in [0.05, 0.1) is 26.9 Å². The number of esters is 2. The molecule has 2 N–H and O–H groups in total. The summed E-state index contributed by atoms with van der Waals surface area (Å²) in [5.74, 6) is -16.5. The van der Waals surface area contributed by atoms with Gasteiger partial charge in [-0.05, 0) is 13.8 Å². The molecule has 14 heteroatoms. The Morgan fingerprint density at radius 3 is 1.33 bits per heavy atom. The molecule has 186 valence electrons. The highest BCUT2D eigenvalue weighted by atomic mass is 19.2. The SMILES string of the molecule is C.CC(C)=O.COC(=O)C(=O)OC.COc1c(F)c(F)c(C(O)=CC(=O)C(=O)O)c(F)c1F. The number of hydrogen-bond donors (Lipinski definition) is 2. The Hall–Kier alpha value is -3.97. The highest BCUT2D eigenvalue weighted by Crippen LogP contribution is 2.32. The number of carbonyl (C=O) groups excluding carboxylic acids is 4. The van der Waals surface area contributed by atoms with Gasteiger partial charge in [0, 0.05) is 6.08 Å². The number of aliphatic hydroxyl groups excluding tert-OH is 1. The fourth-order valence-electron chi connectivity index (χ4n) is 1.44. The number of aliphatic hydroxyl groups is 1. The third-order valence-electron chi connectivity index (χ3n) is 2.70. The van der Waals surface area contributed by atoms with Crippen molar-refractivity contribution in [1.29, 1.82) is 0 Å². The number of halogens is 4. The van der Waals surface area contributed by atoms with Gasteiger partial charge >= 0.3 is 17.9 Å². The van der Waals surface area contributed by atoms with Crippen molar-refractivity contribution in [3.05, 3.63) is 34.9 Å². The quantitative estimate of drug-likeness (QED) is 0.162. The molecule has 0 amide bonds. The smallest absolute Gasteiger partial charge is 0.417 e. The molecule has 0 unspecified atom stereocenters. The van der Waals surface area contributed by atoms with E-state index in [0.29, 0.717) is 0 Å². The van der Waals surface area contributed by atoms with Crippen LogP contribution in [0.4, 0.5) is 17.6 Å². The van der Waals surface area contributed by atoms with Crippen LogP contribution in [-0.2, 0) is 33.4 Å². The highest BCUT2D eigenvalue weighted by Gasteiger charge is 2.28. The number of ether oxygens (including phenoxy) is 3. The van der Waals surface area contributed by atoms with E-state index < -0.39 is 64.0 Å². The van der Waals surface area contributed by atoms with Gasteiger partial charge in [0.15, 0.2) is 17.4 Å². The van der Waals surface area contributed by atoms with Gasteiger partial charge in [-0.1, -0.05) is 7.43 Å². The number of hydrogen-bond acceptors (Lipinski definition) is 9. The van der Waals surface area contributed by atoms with E-state index in [1.54, 1.807) is 0 Å². The Morgan fingerprint density at radius 2 is 1.09 bits per heavy atom. The van der Waals surface area contributed by atoms with Crippen molar-refractivity contribution in [3.8, 4) is 5.75 Å². The number of Topliss-reactive ketones (excluding diaryl/α,β-unsaturated/α-hetero) is 1. The first-order valence-corrected chi connectivity index (χ1v) is 7.89. The molecular formula is C19H22F4O10. The van der Waals surface area contributed by atoms with Crippen LogP contribution in [0.1, 0.15) is 26.8 Å². The summed E-state index contributed by atoms with van der Waals surface area (Å²) in [5.41, 5.74) is -1.62. The Labute approximate surface area is 185 Å². The molecule has 0 atom stereocenters. The van der Waals surface area contributed by atoms with Crippen molar-refractivity contribution in [3.63, 3.8) is 0 Å². The maximum atomic E-state index is 13.5. The number of aliphatic carboxylic acids is 1. The van der Waals surface area contributed by atoms with E-state index in [1.165, 1.54) is 13.8 Å². The summed E-state index contributed by atoms with van der Waals surface area (Å²) in [6.07, 6.45) is -0.0881. The fraction of sp³-hybridized carbons (Fsp3) is 0.316. The van der Waals surface area contributed by atoms with Gasteiger partial charge in [0.25, 0.3) is 5.78 Å². The number of methoxy groups -OCH3 is 3. The fourth-order valence-corrected chi connectivity index (χ4v) is 1.44. The van der Waals surface area contributed by atoms with Gasteiger partial charge < -0.3 is 29.2 Å². The minimum Gasteiger partial charge on any atom is -0.507 e. The lowest BCUT2D eigenvalue weighted by Crippen LogP contribution is -2.16. The van der Waals surface area contributed by atoms with Crippen molar-refractivity contribution in [2.24, 2.45) is 0 Å². The Balaban J connectivity index is -0.000000577. The Bertz CT molecular complexity index is 879.